The van der Waals surface area contributed by atoms with Crippen LogP contribution in [0.5, 0.6) is 0 Å². The van der Waals surface area contributed by atoms with Crippen molar-refractivity contribution < 1.29 is 14.3 Å². The molecule has 9 heteroatoms. The second kappa shape index (κ2) is 9.62. The molecule has 1 aromatic heterocycles. The highest BCUT2D eigenvalue weighted by molar-refractivity contribution is 7.99. The van der Waals surface area contributed by atoms with Crippen molar-refractivity contribution in [1.82, 2.24) is 9.97 Å². The number of anilines is 2. The number of nitrogen functional groups attached to an aromatic ring is 1. The molecule has 0 atom stereocenters. The first-order chi connectivity index (χ1) is 12.5. The summed E-state index contributed by atoms with van der Waals surface area (Å²) in [5.74, 6) is 0.251. The quantitative estimate of drug-likeness (QED) is 0.278. The number of rotatable bonds is 8. The van der Waals surface area contributed by atoms with E-state index in [2.05, 4.69) is 15.3 Å². The first-order valence-electron chi connectivity index (χ1n) is 8.04. The van der Waals surface area contributed by atoms with Crippen molar-refractivity contribution in [2.45, 2.75) is 24.9 Å². The molecule has 0 fully saturated rings. The standard InChI is InChI=1S/C17H20N4O4S/c1-2-25-16(24)11-5-7-12(8-6-11)19-14(22)4-3-9-26-17-20-13(18)10-15(23)21-17/h5-8,10H,2-4,9H2,1H3,(H,19,22)(H3,18,20,21,23). The predicted octanol–water partition coefficient (Wildman–Crippen LogP) is 2.04. The average Bonchev–Trinajstić information content (AvgIpc) is 2.59. The maximum atomic E-state index is 11.9. The number of ether oxygens (including phenoxy) is 1. The van der Waals surface area contributed by atoms with E-state index in [1.807, 2.05) is 0 Å². The Morgan fingerprint density at radius 3 is 2.69 bits per heavy atom. The molecule has 0 spiro atoms. The Balaban J connectivity index is 1.74. The van der Waals surface area contributed by atoms with Crippen LogP contribution in [0.1, 0.15) is 30.1 Å². The lowest BCUT2D eigenvalue weighted by Crippen LogP contribution is -2.12. The molecule has 0 aliphatic rings. The zero-order chi connectivity index (χ0) is 18.9. The van der Waals surface area contributed by atoms with Crippen molar-refractivity contribution in [3.05, 3.63) is 46.2 Å². The number of nitrogens with one attached hydrogen (secondary N) is 2. The molecule has 0 aliphatic heterocycles. The van der Waals surface area contributed by atoms with E-state index in [0.29, 0.717) is 41.6 Å². The number of aromatic nitrogens is 2. The Hall–Kier alpha value is -2.81. The molecule has 0 unspecified atom stereocenters. The number of carbonyl (C=O) groups is 2. The molecule has 0 saturated heterocycles. The highest BCUT2D eigenvalue weighted by atomic mass is 32.2. The maximum absolute atomic E-state index is 11.9. The molecule has 8 nitrogen and oxygen atoms in total. The van der Waals surface area contributed by atoms with Crippen LogP contribution in [0.4, 0.5) is 11.5 Å². The number of thioether (sulfide) groups is 1. The number of esters is 1. The molecule has 0 bridgehead atoms. The number of benzene rings is 1. The van der Waals surface area contributed by atoms with Crippen molar-refractivity contribution in [2.75, 3.05) is 23.4 Å². The first kappa shape index (κ1) is 19.5. The first-order valence-corrected chi connectivity index (χ1v) is 9.03. The van der Waals surface area contributed by atoms with Crippen molar-refractivity contribution in [2.24, 2.45) is 0 Å². The number of H-pyrrole nitrogens is 1. The number of carbonyl (C=O) groups excluding carboxylic acids is 2. The van der Waals surface area contributed by atoms with Gasteiger partial charge < -0.3 is 20.8 Å². The van der Waals surface area contributed by atoms with Gasteiger partial charge in [0.05, 0.1) is 12.2 Å². The van der Waals surface area contributed by atoms with Gasteiger partial charge >= 0.3 is 5.97 Å². The summed E-state index contributed by atoms with van der Waals surface area (Å²) in [6.45, 7) is 2.06. The second-order valence-corrected chi connectivity index (χ2v) is 6.36. The van der Waals surface area contributed by atoms with Crippen LogP contribution in [0.25, 0.3) is 0 Å². The van der Waals surface area contributed by atoms with E-state index in [1.54, 1.807) is 31.2 Å². The number of nitrogens with zero attached hydrogens (tertiary/aromatic N) is 1. The van der Waals surface area contributed by atoms with Crippen LogP contribution in [0, 0.1) is 0 Å². The highest BCUT2D eigenvalue weighted by Crippen LogP contribution is 2.15. The minimum atomic E-state index is -0.393. The third-order valence-corrected chi connectivity index (χ3v) is 4.17. The summed E-state index contributed by atoms with van der Waals surface area (Å²) in [6.07, 6.45) is 0.926. The molecular weight excluding hydrogens is 356 g/mol. The molecule has 1 aromatic carbocycles. The lowest BCUT2D eigenvalue weighted by Gasteiger charge is -2.06. The van der Waals surface area contributed by atoms with Crippen molar-refractivity contribution in [3.63, 3.8) is 0 Å². The summed E-state index contributed by atoms with van der Waals surface area (Å²) >= 11 is 1.33. The third kappa shape index (κ3) is 6.25. The number of aromatic amines is 1. The fraction of sp³-hybridized carbons (Fsp3) is 0.294. The topological polar surface area (TPSA) is 127 Å². The molecule has 4 N–H and O–H groups in total. The van der Waals surface area contributed by atoms with E-state index in [4.69, 9.17) is 10.5 Å². The van der Waals surface area contributed by atoms with Gasteiger partial charge in [0, 0.05) is 23.9 Å². The number of hydrogen-bond donors (Lipinski definition) is 3. The fourth-order valence-electron chi connectivity index (χ4n) is 2.05. The smallest absolute Gasteiger partial charge is 0.338 e. The molecular formula is C17H20N4O4S. The molecule has 0 saturated carbocycles. The van der Waals surface area contributed by atoms with Crippen LogP contribution in [0.3, 0.4) is 0 Å². The van der Waals surface area contributed by atoms with Crippen molar-refractivity contribution in [1.29, 1.82) is 0 Å². The van der Waals surface area contributed by atoms with E-state index < -0.39 is 5.97 Å². The molecule has 1 amide bonds. The molecule has 26 heavy (non-hydrogen) atoms. The predicted molar refractivity (Wildman–Crippen MR) is 100 cm³/mol. The number of amides is 1. The molecule has 0 aliphatic carbocycles. The summed E-state index contributed by atoms with van der Waals surface area (Å²) < 4.78 is 4.90. The average molecular weight is 376 g/mol. The molecule has 2 rings (SSSR count). The van der Waals surface area contributed by atoms with Gasteiger partial charge in [0.25, 0.3) is 5.56 Å². The number of hydrogen-bond acceptors (Lipinski definition) is 7. The largest absolute Gasteiger partial charge is 0.462 e. The van der Waals surface area contributed by atoms with Gasteiger partial charge in [-0.25, -0.2) is 9.78 Å². The van der Waals surface area contributed by atoms with Crippen molar-refractivity contribution >= 4 is 35.1 Å². The zero-order valence-electron chi connectivity index (χ0n) is 14.3. The van der Waals surface area contributed by atoms with E-state index in [-0.39, 0.29) is 17.3 Å². The highest BCUT2D eigenvalue weighted by Gasteiger charge is 2.07. The molecule has 2 aromatic rings. The van der Waals surface area contributed by atoms with Crippen LogP contribution >= 0.6 is 11.8 Å². The summed E-state index contributed by atoms with van der Waals surface area (Å²) in [7, 11) is 0. The van der Waals surface area contributed by atoms with Gasteiger partial charge in [-0.3, -0.25) is 9.59 Å². The van der Waals surface area contributed by atoms with Gasteiger partial charge in [-0.2, -0.15) is 0 Å². The summed E-state index contributed by atoms with van der Waals surface area (Å²) in [5.41, 5.74) is 6.25. The van der Waals surface area contributed by atoms with E-state index in [0.717, 1.165) is 0 Å². The minimum absolute atomic E-state index is 0.136. The van der Waals surface area contributed by atoms with Gasteiger partial charge in [0.1, 0.15) is 5.82 Å². The Morgan fingerprint density at radius 2 is 2.04 bits per heavy atom. The van der Waals surface area contributed by atoms with E-state index >= 15 is 0 Å². The lowest BCUT2D eigenvalue weighted by molar-refractivity contribution is -0.116. The Labute approximate surface area is 154 Å². The van der Waals surface area contributed by atoms with Crippen molar-refractivity contribution in [3.8, 4) is 0 Å². The van der Waals surface area contributed by atoms with E-state index in [9.17, 15) is 14.4 Å². The fourth-order valence-corrected chi connectivity index (χ4v) is 2.88. The molecule has 1 heterocycles. The van der Waals surface area contributed by atoms with Crippen LogP contribution in [0.2, 0.25) is 0 Å². The normalized spacial score (nSPS) is 10.3. The zero-order valence-corrected chi connectivity index (χ0v) is 15.1. The third-order valence-electron chi connectivity index (χ3n) is 3.21. The van der Waals surface area contributed by atoms with Crippen LogP contribution in [-0.4, -0.2) is 34.2 Å². The van der Waals surface area contributed by atoms with Gasteiger partial charge in [-0.1, -0.05) is 11.8 Å². The molecule has 138 valence electrons. The van der Waals surface area contributed by atoms with Crippen LogP contribution < -0.4 is 16.6 Å². The minimum Gasteiger partial charge on any atom is -0.462 e. The monoisotopic (exact) mass is 376 g/mol. The van der Waals surface area contributed by atoms with Crippen LogP contribution in [0.15, 0.2) is 40.3 Å². The number of nitrogens with two attached hydrogens (primary N) is 1. The molecule has 0 radical (unpaired) electrons. The Bertz CT molecular complexity index is 820. The van der Waals surface area contributed by atoms with Gasteiger partial charge in [0.15, 0.2) is 5.16 Å². The van der Waals surface area contributed by atoms with Gasteiger partial charge in [-0.15, -0.1) is 0 Å². The Morgan fingerprint density at radius 1 is 1.31 bits per heavy atom. The lowest BCUT2D eigenvalue weighted by atomic mass is 10.2. The second-order valence-electron chi connectivity index (χ2n) is 5.27. The SMILES string of the molecule is CCOC(=O)c1ccc(NC(=O)CCCSc2nc(N)cc(=O)[nH]2)cc1. The summed E-state index contributed by atoms with van der Waals surface area (Å²) in [5, 5.41) is 3.20. The van der Waals surface area contributed by atoms with Gasteiger partial charge in [0.2, 0.25) is 5.91 Å². The summed E-state index contributed by atoms with van der Waals surface area (Å²) in [4.78, 5) is 41.4. The van der Waals surface area contributed by atoms with E-state index in [1.165, 1.54) is 17.8 Å². The van der Waals surface area contributed by atoms with Crippen LogP contribution in [-0.2, 0) is 9.53 Å². The van der Waals surface area contributed by atoms with Gasteiger partial charge in [-0.05, 0) is 37.6 Å². The summed E-state index contributed by atoms with van der Waals surface area (Å²) in [6, 6.07) is 7.72. The Kier molecular flexibility index (Phi) is 7.22. The maximum Gasteiger partial charge on any atom is 0.338 e.